The van der Waals surface area contributed by atoms with Crippen LogP contribution >= 0.6 is 11.3 Å². The second-order valence-electron chi connectivity index (χ2n) is 3.85. The average Bonchev–Trinajstić information content (AvgIpc) is 3.01. The van der Waals surface area contributed by atoms with Gasteiger partial charge >= 0.3 is 0 Å². The molecule has 19 heavy (non-hydrogen) atoms. The molecule has 1 aromatic carbocycles. The minimum absolute atomic E-state index is 0.0624. The summed E-state index contributed by atoms with van der Waals surface area (Å²) in [5.41, 5.74) is 6.43. The zero-order valence-electron chi connectivity index (χ0n) is 9.91. The number of thiazole rings is 1. The molecule has 0 aliphatic rings. The van der Waals surface area contributed by atoms with E-state index < -0.39 is 6.67 Å². The largest absolute Gasteiger partial charge is 0.491 e. The van der Waals surface area contributed by atoms with Crippen LogP contribution in [0.25, 0.3) is 15.3 Å². The Balaban J connectivity index is 1.96. The number of nitrogens with two attached hydrogens (primary N) is 1. The summed E-state index contributed by atoms with van der Waals surface area (Å²) in [4.78, 5) is 4.45. The predicted octanol–water partition coefficient (Wildman–Crippen LogP) is 2.41. The van der Waals surface area contributed by atoms with E-state index >= 15 is 0 Å². The molecule has 2 N–H and O–H groups in total. The van der Waals surface area contributed by atoms with Crippen molar-refractivity contribution in [2.45, 2.75) is 0 Å². The van der Waals surface area contributed by atoms with Crippen LogP contribution < -0.4 is 10.5 Å². The van der Waals surface area contributed by atoms with E-state index in [9.17, 15) is 4.39 Å². The van der Waals surface area contributed by atoms with Crippen molar-refractivity contribution < 1.29 is 9.13 Å². The zero-order chi connectivity index (χ0) is 13.2. The number of halogens is 1. The Morgan fingerprint density at radius 1 is 1.37 bits per heavy atom. The molecule has 0 aliphatic carbocycles. The molecule has 0 saturated carbocycles. The predicted molar refractivity (Wildman–Crippen MR) is 72.6 cm³/mol. The number of hydrogen-bond acceptors (Lipinski definition) is 5. The van der Waals surface area contributed by atoms with E-state index in [1.165, 1.54) is 11.3 Å². The number of rotatable bonds is 4. The number of ether oxygens (including phenoxy) is 1. The Morgan fingerprint density at radius 3 is 3.00 bits per heavy atom. The number of nitrogen functional groups attached to an aromatic ring is 1. The van der Waals surface area contributed by atoms with Crippen molar-refractivity contribution in [2.75, 3.05) is 19.0 Å². The molecular formula is C12H11FN4OS. The van der Waals surface area contributed by atoms with Crippen molar-refractivity contribution >= 4 is 27.4 Å². The first kappa shape index (κ1) is 11.9. The number of hydrogen-bond donors (Lipinski definition) is 1. The highest BCUT2D eigenvalue weighted by molar-refractivity contribution is 7.20. The van der Waals surface area contributed by atoms with E-state index in [1.807, 2.05) is 12.1 Å². The molecule has 0 bridgehead atoms. The normalized spacial score (nSPS) is 11.0. The number of benzene rings is 1. The first-order chi connectivity index (χ1) is 9.26. The average molecular weight is 277 g/mol. The van der Waals surface area contributed by atoms with Crippen molar-refractivity contribution in [2.24, 2.45) is 0 Å². The molecule has 2 heterocycles. The minimum atomic E-state index is -0.501. The van der Waals surface area contributed by atoms with Gasteiger partial charge in [-0.3, -0.25) is 0 Å². The Morgan fingerprint density at radius 2 is 2.26 bits per heavy atom. The van der Waals surface area contributed by atoms with E-state index in [0.29, 0.717) is 11.6 Å². The summed E-state index contributed by atoms with van der Waals surface area (Å²) in [5, 5.41) is 4.84. The van der Waals surface area contributed by atoms with Gasteiger partial charge in [-0.15, -0.1) is 5.10 Å². The minimum Gasteiger partial charge on any atom is -0.491 e. The molecule has 0 fully saturated rings. The van der Waals surface area contributed by atoms with Crippen LogP contribution in [0.1, 0.15) is 0 Å². The standard InChI is InChI=1S/C12H11FN4OS/c13-4-6-18-8-1-2-9-10(7-8)19-12(15-9)17-5-3-11(14)16-17/h1-3,5,7H,4,6H2,(H2,14,16)/i13-1. The maximum absolute atomic E-state index is 12.1. The van der Waals surface area contributed by atoms with Crippen molar-refractivity contribution in [3.63, 3.8) is 0 Å². The lowest BCUT2D eigenvalue weighted by molar-refractivity contribution is 0.273. The Hall–Kier alpha value is -2.15. The molecule has 0 saturated heterocycles. The fourth-order valence-electron chi connectivity index (χ4n) is 1.68. The summed E-state index contributed by atoms with van der Waals surface area (Å²) < 4.78 is 19.9. The summed E-state index contributed by atoms with van der Waals surface area (Å²) >= 11 is 1.47. The number of fused-ring (bicyclic) bond motifs is 1. The monoisotopic (exact) mass is 277 g/mol. The molecule has 0 atom stereocenters. The number of aromatic nitrogens is 3. The molecule has 0 spiro atoms. The second-order valence-corrected chi connectivity index (χ2v) is 4.86. The van der Waals surface area contributed by atoms with Gasteiger partial charge in [0.15, 0.2) is 0 Å². The van der Waals surface area contributed by atoms with E-state index in [-0.39, 0.29) is 6.61 Å². The summed E-state index contributed by atoms with van der Waals surface area (Å²) in [6.45, 7) is -0.439. The van der Waals surface area contributed by atoms with Crippen molar-refractivity contribution in [3.05, 3.63) is 30.5 Å². The lowest BCUT2D eigenvalue weighted by Crippen LogP contribution is -1.97. The van der Waals surface area contributed by atoms with E-state index in [0.717, 1.165) is 15.3 Å². The topological polar surface area (TPSA) is 66.0 Å². The van der Waals surface area contributed by atoms with Crippen molar-refractivity contribution in [3.8, 4) is 10.9 Å². The molecule has 5 nitrogen and oxygen atoms in total. The summed E-state index contributed by atoms with van der Waals surface area (Å²) in [6, 6.07) is 7.18. The SMILES string of the molecule is Nc1ccn(-c2nc3ccc(OCC[18F])cc3s2)n1. The van der Waals surface area contributed by atoms with Crippen molar-refractivity contribution in [1.82, 2.24) is 14.8 Å². The Bertz CT molecular complexity index is 709. The Kier molecular flexibility index (Phi) is 3.04. The van der Waals surface area contributed by atoms with Crippen LogP contribution in [0.4, 0.5) is 10.2 Å². The van der Waals surface area contributed by atoms with Crippen LogP contribution in [0, 0.1) is 0 Å². The Labute approximate surface area is 112 Å². The first-order valence-electron chi connectivity index (χ1n) is 5.67. The van der Waals surface area contributed by atoms with Gasteiger partial charge in [0.05, 0.1) is 10.2 Å². The van der Waals surface area contributed by atoms with E-state index in [2.05, 4.69) is 10.1 Å². The molecule has 7 heteroatoms. The van der Waals surface area contributed by atoms with Gasteiger partial charge in [-0.05, 0) is 18.2 Å². The van der Waals surface area contributed by atoms with Gasteiger partial charge < -0.3 is 10.5 Å². The maximum Gasteiger partial charge on any atom is 0.211 e. The van der Waals surface area contributed by atoms with Crippen LogP contribution in [-0.2, 0) is 0 Å². The second kappa shape index (κ2) is 4.85. The smallest absolute Gasteiger partial charge is 0.211 e. The van der Waals surface area contributed by atoms with Crippen LogP contribution in [0.3, 0.4) is 0 Å². The third-order valence-electron chi connectivity index (χ3n) is 2.50. The molecular weight excluding hydrogens is 266 g/mol. The van der Waals surface area contributed by atoms with Gasteiger partial charge in [0.25, 0.3) is 0 Å². The van der Waals surface area contributed by atoms with Gasteiger partial charge in [-0.2, -0.15) is 0 Å². The van der Waals surface area contributed by atoms with E-state index in [4.69, 9.17) is 10.5 Å². The third-order valence-corrected chi connectivity index (χ3v) is 3.51. The zero-order valence-corrected chi connectivity index (χ0v) is 10.7. The fourth-order valence-corrected chi connectivity index (χ4v) is 2.61. The highest BCUT2D eigenvalue weighted by Crippen LogP contribution is 2.28. The maximum atomic E-state index is 12.1. The quantitative estimate of drug-likeness (QED) is 0.795. The summed E-state index contributed by atoms with van der Waals surface area (Å²) in [7, 11) is 0. The lowest BCUT2D eigenvalue weighted by atomic mass is 10.3. The van der Waals surface area contributed by atoms with Gasteiger partial charge in [0, 0.05) is 12.3 Å². The van der Waals surface area contributed by atoms with Gasteiger partial charge in [0.2, 0.25) is 5.13 Å². The van der Waals surface area contributed by atoms with Crippen molar-refractivity contribution in [1.29, 1.82) is 0 Å². The highest BCUT2D eigenvalue weighted by Gasteiger charge is 2.08. The lowest BCUT2D eigenvalue weighted by Gasteiger charge is -2.01. The molecule has 3 rings (SSSR count). The van der Waals surface area contributed by atoms with Crippen LogP contribution in [0.5, 0.6) is 5.75 Å². The molecule has 98 valence electrons. The summed E-state index contributed by atoms with van der Waals surface area (Å²) in [6.07, 6.45) is 1.76. The first-order valence-corrected chi connectivity index (χ1v) is 6.49. The van der Waals surface area contributed by atoms with Crippen LogP contribution in [0.15, 0.2) is 30.5 Å². The van der Waals surface area contributed by atoms with E-state index in [1.54, 1.807) is 23.0 Å². The van der Waals surface area contributed by atoms with Gasteiger partial charge in [0.1, 0.15) is 24.8 Å². The third kappa shape index (κ3) is 2.37. The molecule has 0 radical (unpaired) electrons. The number of anilines is 1. The molecule has 0 unspecified atom stereocenters. The molecule has 3 aromatic rings. The highest BCUT2D eigenvalue weighted by atomic mass is 32.1. The van der Waals surface area contributed by atoms with Crippen LogP contribution in [-0.4, -0.2) is 28.0 Å². The van der Waals surface area contributed by atoms with Gasteiger partial charge in [-0.1, -0.05) is 11.3 Å². The molecule has 2 aromatic heterocycles. The number of nitrogens with zero attached hydrogens (tertiary/aromatic N) is 3. The number of alkyl halides is 1. The van der Waals surface area contributed by atoms with Gasteiger partial charge in [-0.25, -0.2) is 14.1 Å². The fraction of sp³-hybridized carbons (Fsp3) is 0.167. The summed E-state index contributed by atoms with van der Waals surface area (Å²) in [5.74, 6) is 1.09. The molecule has 0 amide bonds. The van der Waals surface area contributed by atoms with Crippen LogP contribution in [0.2, 0.25) is 0 Å². The molecule has 0 aliphatic heterocycles.